The number of hydrogen-bond acceptors (Lipinski definition) is 23. The van der Waals surface area contributed by atoms with Crippen molar-refractivity contribution in [1.29, 1.82) is 0 Å². The van der Waals surface area contributed by atoms with E-state index < -0.39 is 70.6 Å². The predicted molar refractivity (Wildman–Crippen MR) is 364 cm³/mol. The molecule has 0 saturated carbocycles. The van der Waals surface area contributed by atoms with Gasteiger partial charge in [0.05, 0.1) is 63.2 Å². The zero-order valence-corrected chi connectivity index (χ0v) is 63.2. The van der Waals surface area contributed by atoms with E-state index in [1.54, 1.807) is 18.3 Å². The Morgan fingerprint density at radius 1 is 0.928 bits per heavy atom. The number of carbonyl (C=O) groups excluding carboxylic acids is 5. The summed E-state index contributed by atoms with van der Waals surface area (Å²) in [6.07, 6.45) is 5.34. The number of fused-ring (bicyclic) bond motifs is 1. The number of aromatic hydroxyl groups is 1. The number of sulfonamides is 1. The van der Waals surface area contributed by atoms with Crippen molar-refractivity contribution in [2.45, 2.75) is 140 Å². The molecule has 3 heterocycles. The standard InChI is InChI=1S/C18H22ClNO3.C17H29NO3S.C14H13F3N2O4S.C14H14IN5O6S.Na/c1-3-4-5-7-13(2)23-17(21)12-22-16-10-9-15(19)14-8-6-11-20-18(14)16;1-5-8-14(18-21-6-2)17-15(19)10-13(11-16(17)20)9-12(4)22-7-3;1-7-11(13(21)19(2)18-7)12(20)9-5-4-8(14(15,16)17)6-10(9)24(3,22)23;1-7-16-12(19-14(17-7)26-3)18-13(22)20-27(23,24)10-6-8(15)4-5-9(10)11(21)25-2;/h6,8-11,13H,3-5,7,12H2,1-2H3;12-13,19H,5-11H2,1-4H3;4-6,21H,1-3H3;4-6H,1-3H3,(H2,16,17,18,19,20,22);/q;;;;+1/p-1/b;18-14-;;;. The summed E-state index contributed by atoms with van der Waals surface area (Å²) in [5.74, 6) is -0.617. The van der Waals surface area contributed by atoms with E-state index >= 15 is 0 Å². The Labute approximate surface area is 606 Å². The van der Waals surface area contributed by atoms with Crippen molar-refractivity contribution in [2.24, 2.45) is 18.1 Å². The average molecular weight is 1550 g/mol. The molecule has 7 rings (SSSR count). The molecule has 97 heavy (non-hydrogen) atoms. The first kappa shape index (κ1) is 84.5. The fourth-order valence-corrected chi connectivity index (χ4v) is 13.2. The van der Waals surface area contributed by atoms with Crippen molar-refractivity contribution in [3.05, 3.63) is 125 Å². The van der Waals surface area contributed by atoms with Crippen LogP contribution in [0.3, 0.4) is 0 Å². The van der Waals surface area contributed by atoms with Crippen LogP contribution in [-0.2, 0) is 57.0 Å². The van der Waals surface area contributed by atoms with E-state index in [1.165, 1.54) is 46.2 Å². The van der Waals surface area contributed by atoms with E-state index in [1.807, 2.05) is 67.3 Å². The molecule has 3 aromatic carbocycles. The monoisotopic (exact) mass is 1550 g/mol. The number of rotatable bonds is 25. The summed E-state index contributed by atoms with van der Waals surface area (Å²) in [5, 5.41) is 32.1. The Morgan fingerprint density at radius 3 is 2.21 bits per heavy atom. The molecule has 524 valence electrons. The van der Waals surface area contributed by atoms with Crippen molar-refractivity contribution in [3.63, 3.8) is 0 Å². The molecule has 0 fully saturated rings. The normalized spacial score (nSPS) is 13.8. The summed E-state index contributed by atoms with van der Waals surface area (Å²) in [5.41, 5.74) is -0.385. The molecule has 0 saturated heterocycles. The Morgan fingerprint density at radius 2 is 1.62 bits per heavy atom. The zero-order chi connectivity index (χ0) is 71.8. The van der Waals surface area contributed by atoms with Gasteiger partial charge in [0.2, 0.25) is 21.7 Å². The van der Waals surface area contributed by atoms with E-state index in [2.05, 4.69) is 65.7 Å². The number of unbranched alkanes of at least 4 members (excludes halogenated alkanes) is 2. The number of alkyl halides is 3. The third-order valence-corrected chi connectivity index (χ3v) is 18.2. The van der Waals surface area contributed by atoms with Gasteiger partial charge in [0.1, 0.15) is 35.0 Å². The Bertz CT molecular complexity index is 4040. The molecule has 25 nitrogen and oxygen atoms in total. The number of oxime groups is 1. The largest absolute Gasteiger partial charge is 1.00 e. The molecule has 0 aliphatic heterocycles. The predicted octanol–water partition coefficient (Wildman–Crippen LogP) is 10.2. The summed E-state index contributed by atoms with van der Waals surface area (Å²) < 4.78 is 112. The maximum Gasteiger partial charge on any atom is 1.00 e. The van der Waals surface area contributed by atoms with Crippen LogP contribution in [0.5, 0.6) is 17.6 Å². The van der Waals surface area contributed by atoms with Crippen LogP contribution in [0, 0.1) is 23.3 Å². The molecule has 3 N–H and O–H groups in total. The van der Waals surface area contributed by atoms with E-state index in [-0.39, 0.29) is 100 Å². The van der Waals surface area contributed by atoms with Gasteiger partial charge in [-0.25, -0.2) is 36.1 Å². The third kappa shape index (κ3) is 25.8. The van der Waals surface area contributed by atoms with E-state index in [4.69, 9.17) is 30.6 Å². The topological polar surface area (TPSA) is 348 Å². The smallest absolute Gasteiger partial charge is 0.511 e. The van der Waals surface area contributed by atoms with E-state index in [0.29, 0.717) is 80.7 Å². The van der Waals surface area contributed by atoms with Gasteiger partial charge in [-0.05, 0) is 148 Å². The number of amides is 2. The summed E-state index contributed by atoms with van der Waals surface area (Å²) in [6.45, 7) is 15.5. The fourth-order valence-electron chi connectivity index (χ4n) is 9.36. The van der Waals surface area contributed by atoms with Crippen LogP contribution in [0.2, 0.25) is 5.02 Å². The molecule has 1 aliphatic carbocycles. The Kier molecular flexibility index (Phi) is 34.7. The molecule has 3 atom stereocenters. The van der Waals surface area contributed by atoms with Gasteiger partial charge in [-0.2, -0.15) is 40.0 Å². The number of aromatic nitrogens is 6. The number of nitrogens with one attached hydrogen (secondary N) is 1. The molecule has 6 aromatic rings. The van der Waals surface area contributed by atoms with Gasteiger partial charge in [-0.3, -0.25) is 19.4 Å². The van der Waals surface area contributed by atoms with Gasteiger partial charge >= 0.3 is 53.7 Å². The quantitative estimate of drug-likeness (QED) is 0.00912. The maximum atomic E-state index is 12.8. The molecule has 3 unspecified atom stereocenters. The van der Waals surface area contributed by atoms with Gasteiger partial charge in [0.25, 0.3) is 0 Å². The molecule has 2 amide bonds. The number of sulfone groups is 1. The number of ketones is 2. The first-order chi connectivity index (χ1) is 45.1. The molecule has 0 radical (unpaired) electrons. The van der Waals surface area contributed by atoms with Crippen molar-refractivity contribution in [1.82, 2.24) is 29.7 Å². The molecular formula is C63H77ClF3IN9NaO16S3. The Balaban J connectivity index is 0.000000337. The summed E-state index contributed by atoms with van der Waals surface area (Å²) >= 11 is 9.90. The number of aliphatic hydroxyl groups excluding tert-OH is 1. The van der Waals surface area contributed by atoms with Gasteiger partial charge < -0.3 is 44.0 Å². The minimum absolute atomic E-state index is 0. The number of halogens is 5. The number of nitrogens with zero attached hydrogens (tertiary/aromatic N) is 8. The van der Waals surface area contributed by atoms with Gasteiger partial charge in [-0.15, -0.1) is 0 Å². The van der Waals surface area contributed by atoms with Crippen LogP contribution >= 0.6 is 46.0 Å². The van der Waals surface area contributed by atoms with Gasteiger partial charge in [0.15, 0.2) is 34.2 Å². The summed E-state index contributed by atoms with van der Waals surface area (Å²) in [7, 11) is -4.83. The number of methoxy groups -OCH3 is 2. The van der Waals surface area contributed by atoms with Crippen LogP contribution in [0.1, 0.15) is 143 Å². The molecule has 1 aliphatic rings. The van der Waals surface area contributed by atoms with Crippen LogP contribution in [0.15, 0.2) is 93.1 Å². The molecule has 34 heteroatoms. The number of urea groups is 1. The molecule has 3 aromatic heterocycles. The van der Waals surface area contributed by atoms with Crippen molar-refractivity contribution < 1.29 is 118 Å². The number of Topliss-reactive ketones (excluding diaryl/α,β-unsaturated/α-hetero) is 1. The number of thioether (sulfide) groups is 1. The SMILES string of the molecule is CCC/C(=N/OCC)C1=C(O)CC(CC(C)SCC)CC1=O.CCCCCC(C)OC(=O)COc1ccc(Cl)c2cccnc12.COC(=O)c1ccc(I)cc1S(=O)(=O)[N-]C(=O)Nc1nc(C)nc(OC)n1.Cc1nn(C)c(O)c1C(=O)c1ccc(C(F)(F)F)cc1S(C)(=O)=O.[Na+]. The fraction of sp³-hybridized carbons (Fsp3) is 0.444. The van der Waals surface area contributed by atoms with Crippen molar-refractivity contribution in [3.8, 4) is 17.6 Å². The number of anilines is 1. The summed E-state index contributed by atoms with van der Waals surface area (Å²) in [6, 6.07) is 11.6. The maximum absolute atomic E-state index is 12.8. The van der Waals surface area contributed by atoms with Crippen molar-refractivity contribution >= 4 is 118 Å². The third-order valence-electron chi connectivity index (χ3n) is 13.6. The minimum Gasteiger partial charge on any atom is -0.511 e. The number of aryl methyl sites for hydroxylation is 3. The molecular weight excluding hydrogens is 1480 g/mol. The second-order valence-electron chi connectivity index (χ2n) is 21.3. The number of esters is 2. The number of benzene rings is 3. The minimum atomic E-state index is -4.76. The first-order valence-corrected chi connectivity index (χ1v) is 35.7. The number of carbonyl (C=O) groups is 5. The number of pyridine rings is 1. The number of ether oxygens (including phenoxy) is 4. The number of hydrogen-bond donors (Lipinski definition) is 3. The van der Waals surface area contributed by atoms with E-state index in [9.17, 15) is 64.2 Å². The van der Waals surface area contributed by atoms with Gasteiger partial charge in [-0.1, -0.05) is 63.7 Å². The second-order valence-corrected chi connectivity index (χ2v) is 28.2. The average Bonchev–Trinajstić information content (AvgIpc) is 1.77. The molecule has 0 spiro atoms. The Hall–Kier alpha value is -6.69. The van der Waals surface area contributed by atoms with Crippen LogP contribution in [0.4, 0.5) is 23.9 Å². The van der Waals surface area contributed by atoms with Gasteiger partial charge in [0, 0.05) is 52.1 Å². The summed E-state index contributed by atoms with van der Waals surface area (Å²) in [4.78, 5) is 80.3. The molecule has 0 bridgehead atoms. The van der Waals surface area contributed by atoms with Crippen LogP contribution < -0.4 is 44.3 Å². The van der Waals surface area contributed by atoms with Crippen molar-refractivity contribution in [2.75, 3.05) is 44.8 Å². The second kappa shape index (κ2) is 39.8. The first-order valence-electron chi connectivity index (χ1n) is 29.9. The van der Waals surface area contributed by atoms with Crippen LogP contribution in [0.25, 0.3) is 15.6 Å². The zero-order valence-electron chi connectivity index (χ0n) is 55.9. The number of allylic oxidation sites excluding steroid dienone is 2. The van der Waals surface area contributed by atoms with E-state index in [0.717, 1.165) is 67.5 Å². The van der Waals surface area contributed by atoms with Crippen LogP contribution in [-0.4, -0.2) is 143 Å². The number of aliphatic hydroxyl groups is 1.